The molecule has 0 aliphatic carbocycles. The number of hydrogen-bond donors (Lipinski definition) is 2. The Balaban J connectivity index is 2.63. The molecule has 0 atom stereocenters. The number of H-pyrrole nitrogens is 1. The molecule has 3 rings (SSSR count). The van der Waals surface area contributed by atoms with Crippen molar-refractivity contribution in [2.45, 2.75) is 6.92 Å². The van der Waals surface area contributed by atoms with Gasteiger partial charge in [-0.25, -0.2) is 0 Å². The van der Waals surface area contributed by atoms with Crippen molar-refractivity contribution < 1.29 is 0 Å². The van der Waals surface area contributed by atoms with Gasteiger partial charge in [0, 0.05) is 27.5 Å². The molecule has 2 heteroatoms. The summed E-state index contributed by atoms with van der Waals surface area (Å²) in [5.74, 6) is 0. The molecule has 0 saturated carbocycles. The predicted octanol–water partition coefficient (Wildman–Crippen LogP) is 3.21. The van der Waals surface area contributed by atoms with Crippen LogP contribution in [0.3, 0.4) is 0 Å². The average Bonchev–Trinajstić information content (AvgIpc) is 2.62. The van der Waals surface area contributed by atoms with Crippen LogP contribution in [0.5, 0.6) is 0 Å². The minimum atomic E-state index is 0.880. The molecule has 3 N–H and O–H groups in total. The van der Waals surface area contributed by atoms with E-state index in [4.69, 9.17) is 5.73 Å². The lowest BCUT2D eigenvalue weighted by Crippen LogP contribution is -1.89. The Labute approximate surface area is 87.7 Å². The lowest BCUT2D eigenvalue weighted by molar-refractivity contribution is 1.48. The second-order valence-electron chi connectivity index (χ2n) is 3.89. The van der Waals surface area contributed by atoms with Crippen LogP contribution in [0.1, 0.15) is 5.56 Å². The standard InChI is InChI=1S/C13H12N2/c1-8-6-7-11-12(13(8)14)9-4-2-3-5-10(9)15-11/h2-7,15H,14H2,1H3. The van der Waals surface area contributed by atoms with Crippen molar-refractivity contribution in [3.8, 4) is 0 Å². The van der Waals surface area contributed by atoms with E-state index in [1.807, 2.05) is 25.1 Å². The van der Waals surface area contributed by atoms with Crippen molar-refractivity contribution in [1.29, 1.82) is 0 Å². The first kappa shape index (κ1) is 8.36. The van der Waals surface area contributed by atoms with Gasteiger partial charge in [-0.1, -0.05) is 24.3 Å². The Bertz CT molecular complexity index is 650. The molecule has 0 spiro atoms. The zero-order valence-electron chi connectivity index (χ0n) is 8.54. The van der Waals surface area contributed by atoms with Gasteiger partial charge in [-0.15, -0.1) is 0 Å². The summed E-state index contributed by atoms with van der Waals surface area (Å²) in [5.41, 5.74) is 10.4. The largest absolute Gasteiger partial charge is 0.398 e. The number of aromatic amines is 1. The van der Waals surface area contributed by atoms with Crippen LogP contribution in [-0.4, -0.2) is 4.98 Å². The number of anilines is 1. The van der Waals surface area contributed by atoms with E-state index in [9.17, 15) is 0 Å². The maximum Gasteiger partial charge on any atom is 0.0485 e. The normalized spacial score (nSPS) is 11.3. The minimum absolute atomic E-state index is 0.880. The van der Waals surface area contributed by atoms with E-state index in [-0.39, 0.29) is 0 Å². The molecule has 74 valence electrons. The average molecular weight is 196 g/mol. The van der Waals surface area contributed by atoms with Crippen molar-refractivity contribution in [3.63, 3.8) is 0 Å². The topological polar surface area (TPSA) is 41.8 Å². The van der Waals surface area contributed by atoms with Gasteiger partial charge in [0.25, 0.3) is 0 Å². The molecule has 0 radical (unpaired) electrons. The van der Waals surface area contributed by atoms with Crippen molar-refractivity contribution in [2.75, 3.05) is 5.73 Å². The van der Waals surface area contributed by atoms with E-state index in [0.29, 0.717) is 0 Å². The van der Waals surface area contributed by atoms with Crippen molar-refractivity contribution >= 4 is 27.5 Å². The van der Waals surface area contributed by atoms with E-state index in [1.165, 1.54) is 5.39 Å². The van der Waals surface area contributed by atoms with E-state index in [2.05, 4.69) is 23.2 Å². The van der Waals surface area contributed by atoms with Crippen LogP contribution < -0.4 is 5.73 Å². The third kappa shape index (κ3) is 1.05. The molecule has 0 fully saturated rings. The number of para-hydroxylation sites is 1. The molecule has 3 aromatic rings. The summed E-state index contributed by atoms with van der Waals surface area (Å²) < 4.78 is 0. The SMILES string of the molecule is Cc1ccc2[nH]c3ccccc3c2c1N. The molecule has 0 aliphatic heterocycles. The fourth-order valence-corrected chi connectivity index (χ4v) is 2.07. The molecule has 0 saturated heterocycles. The molecule has 2 aromatic carbocycles. The summed E-state index contributed by atoms with van der Waals surface area (Å²) in [7, 11) is 0. The van der Waals surface area contributed by atoms with Crippen LogP contribution in [-0.2, 0) is 0 Å². The Morgan fingerprint density at radius 2 is 1.80 bits per heavy atom. The quantitative estimate of drug-likeness (QED) is 0.532. The Morgan fingerprint density at radius 1 is 1.00 bits per heavy atom. The molecule has 0 bridgehead atoms. The van der Waals surface area contributed by atoms with Gasteiger partial charge in [-0.3, -0.25) is 0 Å². The summed E-state index contributed by atoms with van der Waals surface area (Å²) in [6.45, 7) is 2.04. The third-order valence-electron chi connectivity index (χ3n) is 2.93. The first-order valence-corrected chi connectivity index (χ1v) is 5.03. The molecule has 0 amide bonds. The number of benzene rings is 2. The van der Waals surface area contributed by atoms with Gasteiger partial charge in [-0.2, -0.15) is 0 Å². The first-order chi connectivity index (χ1) is 7.27. The second-order valence-corrected chi connectivity index (χ2v) is 3.89. The number of nitrogens with one attached hydrogen (secondary N) is 1. The summed E-state index contributed by atoms with van der Waals surface area (Å²) in [5, 5.41) is 2.35. The Hall–Kier alpha value is -1.96. The second kappa shape index (κ2) is 2.76. The van der Waals surface area contributed by atoms with Crippen LogP contribution in [0.15, 0.2) is 36.4 Å². The van der Waals surface area contributed by atoms with Crippen LogP contribution in [0.4, 0.5) is 5.69 Å². The lowest BCUT2D eigenvalue weighted by Gasteiger charge is -2.01. The molecule has 1 heterocycles. The first-order valence-electron chi connectivity index (χ1n) is 5.03. The van der Waals surface area contributed by atoms with E-state index < -0.39 is 0 Å². The number of aromatic nitrogens is 1. The van der Waals surface area contributed by atoms with E-state index in [0.717, 1.165) is 27.7 Å². The smallest absolute Gasteiger partial charge is 0.0485 e. The van der Waals surface area contributed by atoms with Crippen LogP contribution >= 0.6 is 0 Å². The fourth-order valence-electron chi connectivity index (χ4n) is 2.07. The Morgan fingerprint density at radius 3 is 2.67 bits per heavy atom. The summed E-state index contributed by atoms with van der Waals surface area (Å²) in [6.07, 6.45) is 0. The van der Waals surface area contributed by atoms with Crippen LogP contribution in [0.2, 0.25) is 0 Å². The summed E-state index contributed by atoms with van der Waals surface area (Å²) >= 11 is 0. The lowest BCUT2D eigenvalue weighted by atomic mass is 10.1. The van der Waals surface area contributed by atoms with Crippen molar-refractivity contribution in [1.82, 2.24) is 4.98 Å². The zero-order chi connectivity index (χ0) is 10.4. The van der Waals surface area contributed by atoms with Crippen LogP contribution in [0, 0.1) is 6.92 Å². The highest BCUT2D eigenvalue weighted by molar-refractivity contribution is 6.13. The summed E-state index contributed by atoms with van der Waals surface area (Å²) in [6, 6.07) is 12.4. The van der Waals surface area contributed by atoms with E-state index in [1.54, 1.807) is 0 Å². The number of rotatable bonds is 0. The molecule has 2 nitrogen and oxygen atoms in total. The number of nitrogens with two attached hydrogens (primary N) is 1. The monoisotopic (exact) mass is 196 g/mol. The minimum Gasteiger partial charge on any atom is -0.398 e. The maximum atomic E-state index is 6.11. The van der Waals surface area contributed by atoms with E-state index >= 15 is 0 Å². The van der Waals surface area contributed by atoms with Gasteiger partial charge in [0.15, 0.2) is 0 Å². The van der Waals surface area contributed by atoms with Gasteiger partial charge in [-0.05, 0) is 24.6 Å². The van der Waals surface area contributed by atoms with Gasteiger partial charge < -0.3 is 10.7 Å². The number of fused-ring (bicyclic) bond motifs is 3. The molecule has 1 aromatic heterocycles. The molecule has 15 heavy (non-hydrogen) atoms. The number of aryl methyl sites for hydroxylation is 1. The highest BCUT2D eigenvalue weighted by atomic mass is 14.7. The Kier molecular flexibility index (Phi) is 1.54. The zero-order valence-corrected chi connectivity index (χ0v) is 8.54. The third-order valence-corrected chi connectivity index (χ3v) is 2.93. The van der Waals surface area contributed by atoms with Gasteiger partial charge in [0.05, 0.1) is 0 Å². The number of nitrogen functional groups attached to an aromatic ring is 1. The molecular formula is C13H12N2. The molecular weight excluding hydrogens is 184 g/mol. The van der Waals surface area contributed by atoms with Gasteiger partial charge in [0.2, 0.25) is 0 Å². The predicted molar refractivity (Wildman–Crippen MR) is 65.0 cm³/mol. The van der Waals surface area contributed by atoms with Crippen molar-refractivity contribution in [2.24, 2.45) is 0 Å². The molecule has 0 aliphatic rings. The summed E-state index contributed by atoms with van der Waals surface area (Å²) in [4.78, 5) is 3.37. The number of hydrogen-bond acceptors (Lipinski definition) is 1. The fraction of sp³-hybridized carbons (Fsp3) is 0.0769. The highest BCUT2D eigenvalue weighted by Crippen LogP contribution is 2.31. The molecule has 0 unspecified atom stereocenters. The maximum absolute atomic E-state index is 6.11. The highest BCUT2D eigenvalue weighted by Gasteiger charge is 2.07. The van der Waals surface area contributed by atoms with Crippen LogP contribution in [0.25, 0.3) is 21.8 Å². The van der Waals surface area contributed by atoms with Gasteiger partial charge in [0.1, 0.15) is 0 Å². The van der Waals surface area contributed by atoms with Crippen molar-refractivity contribution in [3.05, 3.63) is 42.0 Å². The van der Waals surface area contributed by atoms with Gasteiger partial charge >= 0.3 is 0 Å².